The molecule has 0 aliphatic rings. The van der Waals surface area contributed by atoms with E-state index in [2.05, 4.69) is 5.32 Å². The Morgan fingerprint density at radius 2 is 1.95 bits per heavy atom. The first-order chi connectivity index (χ1) is 9.20. The molecule has 1 aromatic rings. The lowest BCUT2D eigenvalue weighted by Gasteiger charge is -2.34. The van der Waals surface area contributed by atoms with Gasteiger partial charge in [-0.2, -0.15) is 0 Å². The van der Waals surface area contributed by atoms with Gasteiger partial charge in [0.25, 0.3) is 0 Å². The number of carbonyl (C=O) groups is 2. The number of halogens is 2. The Bertz CT molecular complexity index is 532. The molecule has 1 rings (SSSR count). The molecule has 0 bridgehead atoms. The van der Waals surface area contributed by atoms with E-state index < -0.39 is 17.5 Å². The Hall–Kier alpha value is -1.46. The number of benzene rings is 1. The van der Waals surface area contributed by atoms with Crippen LogP contribution < -0.4 is 5.32 Å². The fourth-order valence-corrected chi connectivity index (χ4v) is 2.02. The Balaban J connectivity index is 2.99. The first-order valence-corrected chi connectivity index (χ1v) is 6.72. The fraction of sp³-hybridized carbons (Fsp3) is 0.385. The summed E-state index contributed by atoms with van der Waals surface area (Å²) in [5.74, 6) is -1.09. The molecule has 2 amide bonds. The van der Waals surface area contributed by atoms with Gasteiger partial charge in [0.1, 0.15) is 5.54 Å². The number of rotatable bonds is 4. The summed E-state index contributed by atoms with van der Waals surface area (Å²) in [6.45, 7) is 4.85. The molecule has 5 nitrogen and oxygen atoms in total. The second-order valence-corrected chi connectivity index (χ2v) is 5.51. The minimum atomic E-state index is -1.33. The first kappa shape index (κ1) is 16.6. The molecular weight excluding hydrogens is 303 g/mol. The number of anilines is 1. The average molecular weight is 319 g/mol. The summed E-state index contributed by atoms with van der Waals surface area (Å²) >= 11 is 11.8. The van der Waals surface area contributed by atoms with Crippen LogP contribution in [0.25, 0.3) is 0 Å². The summed E-state index contributed by atoms with van der Waals surface area (Å²) in [5, 5.41) is 12.5. The highest BCUT2D eigenvalue weighted by molar-refractivity contribution is 6.35. The van der Waals surface area contributed by atoms with Crippen LogP contribution >= 0.6 is 23.2 Å². The van der Waals surface area contributed by atoms with E-state index in [1.807, 2.05) is 0 Å². The minimum Gasteiger partial charge on any atom is -0.480 e. The van der Waals surface area contributed by atoms with Gasteiger partial charge < -0.3 is 15.3 Å². The SMILES string of the molecule is CCN(C(=O)Nc1cc(Cl)ccc1Cl)C(C)(C)C(=O)O. The number of hydrogen-bond acceptors (Lipinski definition) is 2. The van der Waals surface area contributed by atoms with Crippen molar-refractivity contribution in [3.8, 4) is 0 Å². The molecule has 110 valence electrons. The van der Waals surface area contributed by atoms with Crippen LogP contribution in [0.5, 0.6) is 0 Å². The van der Waals surface area contributed by atoms with E-state index in [1.54, 1.807) is 19.1 Å². The van der Waals surface area contributed by atoms with E-state index in [1.165, 1.54) is 24.8 Å². The highest BCUT2D eigenvalue weighted by atomic mass is 35.5. The molecule has 0 aliphatic heterocycles. The summed E-state index contributed by atoms with van der Waals surface area (Å²) < 4.78 is 0. The fourth-order valence-electron chi connectivity index (χ4n) is 1.68. The standard InChI is InChI=1S/C13H16Cl2N2O3/c1-4-17(13(2,3)11(18)19)12(20)16-10-7-8(14)5-6-9(10)15/h5-7H,4H2,1-3H3,(H,16,20)(H,18,19). The molecule has 2 N–H and O–H groups in total. The van der Waals surface area contributed by atoms with Crippen molar-refractivity contribution in [1.82, 2.24) is 4.90 Å². The van der Waals surface area contributed by atoms with Crippen molar-refractivity contribution >= 4 is 40.9 Å². The number of nitrogens with one attached hydrogen (secondary N) is 1. The van der Waals surface area contributed by atoms with Crippen LogP contribution in [0, 0.1) is 0 Å². The predicted octanol–water partition coefficient (Wildman–Crippen LogP) is 3.71. The number of carboxylic acids is 1. The van der Waals surface area contributed by atoms with Crippen molar-refractivity contribution < 1.29 is 14.7 Å². The van der Waals surface area contributed by atoms with Crippen LogP contribution in [0.4, 0.5) is 10.5 Å². The van der Waals surface area contributed by atoms with Gasteiger partial charge in [0.15, 0.2) is 0 Å². The van der Waals surface area contributed by atoms with Gasteiger partial charge in [-0.05, 0) is 39.0 Å². The van der Waals surface area contributed by atoms with Crippen molar-refractivity contribution in [3.05, 3.63) is 28.2 Å². The van der Waals surface area contributed by atoms with E-state index in [9.17, 15) is 14.7 Å². The number of likely N-dealkylation sites (N-methyl/N-ethyl adjacent to an activating group) is 1. The van der Waals surface area contributed by atoms with Gasteiger partial charge in [0.05, 0.1) is 10.7 Å². The molecule has 1 aromatic carbocycles. The molecule has 7 heteroatoms. The summed E-state index contributed by atoms with van der Waals surface area (Å²) in [6, 6.07) is 4.10. The van der Waals surface area contributed by atoms with Crippen molar-refractivity contribution in [2.24, 2.45) is 0 Å². The van der Waals surface area contributed by atoms with Gasteiger partial charge in [0, 0.05) is 11.6 Å². The van der Waals surface area contributed by atoms with Crippen molar-refractivity contribution in [3.63, 3.8) is 0 Å². The molecule has 0 atom stereocenters. The van der Waals surface area contributed by atoms with Gasteiger partial charge in [-0.15, -0.1) is 0 Å². The molecule has 0 aliphatic carbocycles. The predicted molar refractivity (Wildman–Crippen MR) is 79.6 cm³/mol. The topological polar surface area (TPSA) is 69.6 Å². The maximum atomic E-state index is 12.2. The number of nitrogens with zero attached hydrogens (tertiary/aromatic N) is 1. The zero-order chi connectivity index (χ0) is 15.5. The summed E-state index contributed by atoms with van der Waals surface area (Å²) in [6.07, 6.45) is 0. The van der Waals surface area contributed by atoms with E-state index in [0.29, 0.717) is 15.7 Å². The first-order valence-electron chi connectivity index (χ1n) is 5.97. The lowest BCUT2D eigenvalue weighted by molar-refractivity contribution is -0.147. The van der Waals surface area contributed by atoms with Gasteiger partial charge in [-0.25, -0.2) is 9.59 Å². The van der Waals surface area contributed by atoms with E-state index in [0.717, 1.165) is 0 Å². The molecule has 0 aromatic heterocycles. The van der Waals surface area contributed by atoms with Gasteiger partial charge in [-0.1, -0.05) is 23.2 Å². The van der Waals surface area contributed by atoms with Crippen LogP contribution in [0.15, 0.2) is 18.2 Å². The lowest BCUT2D eigenvalue weighted by atomic mass is 10.0. The van der Waals surface area contributed by atoms with Crippen LogP contribution in [-0.4, -0.2) is 34.1 Å². The average Bonchev–Trinajstić information content (AvgIpc) is 2.34. The number of hydrogen-bond donors (Lipinski definition) is 2. The highest BCUT2D eigenvalue weighted by Crippen LogP contribution is 2.26. The Labute approximate surface area is 127 Å². The molecule has 0 fully saturated rings. The molecule has 0 spiro atoms. The van der Waals surface area contributed by atoms with Crippen molar-refractivity contribution in [2.75, 3.05) is 11.9 Å². The molecule has 0 heterocycles. The molecule has 0 saturated carbocycles. The second-order valence-electron chi connectivity index (χ2n) is 4.66. The minimum absolute atomic E-state index is 0.239. The van der Waals surface area contributed by atoms with Gasteiger partial charge in [0.2, 0.25) is 0 Å². The number of carbonyl (C=O) groups excluding carboxylic acids is 1. The molecule has 0 unspecified atom stereocenters. The van der Waals surface area contributed by atoms with Crippen LogP contribution in [0.3, 0.4) is 0 Å². The third-order valence-electron chi connectivity index (χ3n) is 2.93. The van der Waals surface area contributed by atoms with Crippen LogP contribution in [0.2, 0.25) is 10.0 Å². The number of carboxylic acid groups (broad SMARTS) is 1. The third kappa shape index (κ3) is 3.55. The quantitative estimate of drug-likeness (QED) is 0.889. The third-order valence-corrected chi connectivity index (χ3v) is 3.49. The van der Waals surface area contributed by atoms with Crippen molar-refractivity contribution in [1.29, 1.82) is 0 Å². The molecular formula is C13H16Cl2N2O3. The summed E-state index contributed by atoms with van der Waals surface area (Å²) in [5.41, 5.74) is -0.993. The van der Waals surface area contributed by atoms with Crippen LogP contribution in [0.1, 0.15) is 20.8 Å². The van der Waals surface area contributed by atoms with Gasteiger partial charge in [-0.3, -0.25) is 0 Å². The van der Waals surface area contributed by atoms with Crippen LogP contribution in [-0.2, 0) is 4.79 Å². The largest absolute Gasteiger partial charge is 0.480 e. The summed E-state index contributed by atoms with van der Waals surface area (Å²) in [4.78, 5) is 24.6. The van der Waals surface area contributed by atoms with Gasteiger partial charge >= 0.3 is 12.0 Å². The Morgan fingerprint density at radius 3 is 2.45 bits per heavy atom. The van der Waals surface area contributed by atoms with E-state index >= 15 is 0 Å². The van der Waals surface area contributed by atoms with E-state index in [-0.39, 0.29) is 6.54 Å². The molecule has 20 heavy (non-hydrogen) atoms. The Kier molecular flexibility index (Phi) is 5.25. The lowest BCUT2D eigenvalue weighted by Crippen LogP contribution is -2.54. The number of amides is 2. The normalized spacial score (nSPS) is 11.1. The number of urea groups is 1. The zero-order valence-electron chi connectivity index (χ0n) is 11.4. The smallest absolute Gasteiger partial charge is 0.329 e. The zero-order valence-corrected chi connectivity index (χ0v) is 12.9. The molecule has 0 radical (unpaired) electrons. The Morgan fingerprint density at radius 1 is 1.35 bits per heavy atom. The van der Waals surface area contributed by atoms with E-state index in [4.69, 9.17) is 23.2 Å². The number of aliphatic carboxylic acids is 1. The van der Waals surface area contributed by atoms with Crippen molar-refractivity contribution in [2.45, 2.75) is 26.3 Å². The molecule has 0 saturated heterocycles. The summed E-state index contributed by atoms with van der Waals surface area (Å²) in [7, 11) is 0. The monoisotopic (exact) mass is 318 g/mol. The maximum Gasteiger partial charge on any atom is 0.329 e. The second kappa shape index (κ2) is 6.33. The highest BCUT2D eigenvalue weighted by Gasteiger charge is 2.37. The maximum absolute atomic E-state index is 12.2.